The molecule has 0 spiro atoms. The molecule has 2 atom stereocenters. The van der Waals surface area contributed by atoms with E-state index in [4.69, 9.17) is 10.5 Å². The summed E-state index contributed by atoms with van der Waals surface area (Å²) in [5, 5.41) is 3.39. The van der Waals surface area contributed by atoms with Gasteiger partial charge in [0, 0.05) is 30.5 Å². The molecule has 0 radical (unpaired) electrons. The first-order valence-electron chi connectivity index (χ1n) is 5.79. The van der Waals surface area contributed by atoms with Crippen LogP contribution in [-0.2, 0) is 0 Å². The maximum atomic E-state index is 6.02. The van der Waals surface area contributed by atoms with Crippen molar-refractivity contribution < 1.29 is 4.74 Å². The van der Waals surface area contributed by atoms with Crippen LogP contribution in [0.15, 0.2) is 18.3 Å². The molecule has 1 aliphatic rings. The van der Waals surface area contributed by atoms with E-state index in [2.05, 4.69) is 10.3 Å². The Morgan fingerprint density at radius 3 is 3.12 bits per heavy atom. The Kier molecular flexibility index (Phi) is 3.62. The number of pyridine rings is 1. The minimum atomic E-state index is 0.358. The van der Waals surface area contributed by atoms with E-state index in [0.717, 1.165) is 18.7 Å². The highest BCUT2D eigenvalue weighted by Crippen LogP contribution is 2.24. The third-order valence-corrected chi connectivity index (χ3v) is 3.23. The van der Waals surface area contributed by atoms with E-state index in [9.17, 15) is 0 Å². The number of nitrogens with zero attached hydrogens (tertiary/aromatic N) is 1. The molecular formula is C12H19N3O. The fourth-order valence-electron chi connectivity index (χ4n) is 2.20. The topological polar surface area (TPSA) is 60.2 Å². The summed E-state index contributed by atoms with van der Waals surface area (Å²) >= 11 is 0. The number of ether oxygens (including phenoxy) is 1. The highest BCUT2D eigenvalue weighted by molar-refractivity contribution is 5.45. The number of methoxy groups -OCH3 is 1. The highest BCUT2D eigenvalue weighted by atomic mass is 16.5. The molecule has 2 unspecified atom stereocenters. The lowest BCUT2D eigenvalue weighted by Crippen LogP contribution is -2.29. The smallest absolute Gasteiger partial charge is 0.214 e. The first-order valence-corrected chi connectivity index (χ1v) is 5.79. The van der Waals surface area contributed by atoms with Gasteiger partial charge in [-0.2, -0.15) is 0 Å². The van der Waals surface area contributed by atoms with Gasteiger partial charge in [-0.1, -0.05) is 6.42 Å². The number of hydrogen-bond acceptors (Lipinski definition) is 4. The van der Waals surface area contributed by atoms with Crippen molar-refractivity contribution in [1.29, 1.82) is 0 Å². The third kappa shape index (κ3) is 2.64. The maximum Gasteiger partial charge on any atom is 0.214 e. The molecule has 1 aliphatic carbocycles. The lowest BCUT2D eigenvalue weighted by Gasteiger charge is -2.16. The molecule has 4 heteroatoms. The van der Waals surface area contributed by atoms with Gasteiger partial charge in [-0.05, 0) is 24.8 Å². The van der Waals surface area contributed by atoms with Crippen LogP contribution in [0.3, 0.4) is 0 Å². The highest BCUT2D eigenvalue weighted by Gasteiger charge is 2.23. The number of anilines is 1. The standard InChI is InChI=1S/C12H19N3O/c1-16-12-7-10(5-6-14-12)15-8-9-3-2-4-11(9)13/h5-7,9,11H,2-4,8,13H2,1H3,(H,14,15). The van der Waals surface area contributed by atoms with Crippen LogP contribution in [-0.4, -0.2) is 24.7 Å². The van der Waals surface area contributed by atoms with Crippen molar-refractivity contribution in [3.8, 4) is 5.88 Å². The fraction of sp³-hybridized carbons (Fsp3) is 0.583. The molecule has 88 valence electrons. The number of hydrogen-bond donors (Lipinski definition) is 2. The fourth-order valence-corrected chi connectivity index (χ4v) is 2.20. The number of aromatic nitrogens is 1. The summed E-state index contributed by atoms with van der Waals surface area (Å²) < 4.78 is 5.07. The number of rotatable bonds is 4. The summed E-state index contributed by atoms with van der Waals surface area (Å²) in [7, 11) is 1.62. The van der Waals surface area contributed by atoms with E-state index in [-0.39, 0.29) is 0 Å². The summed E-state index contributed by atoms with van der Waals surface area (Å²) in [4.78, 5) is 4.07. The molecule has 2 rings (SSSR count). The van der Waals surface area contributed by atoms with Crippen molar-refractivity contribution in [3.05, 3.63) is 18.3 Å². The molecule has 0 bridgehead atoms. The maximum absolute atomic E-state index is 6.02. The molecule has 16 heavy (non-hydrogen) atoms. The van der Waals surface area contributed by atoms with Crippen LogP contribution in [0.2, 0.25) is 0 Å². The van der Waals surface area contributed by atoms with Gasteiger partial charge < -0.3 is 15.8 Å². The molecule has 1 aromatic rings. The van der Waals surface area contributed by atoms with Crippen LogP contribution in [0.1, 0.15) is 19.3 Å². The normalized spacial score (nSPS) is 24.4. The Balaban J connectivity index is 1.88. The number of nitrogens with one attached hydrogen (secondary N) is 1. The van der Waals surface area contributed by atoms with Crippen molar-refractivity contribution >= 4 is 5.69 Å². The molecule has 1 aromatic heterocycles. The van der Waals surface area contributed by atoms with E-state index in [1.54, 1.807) is 13.3 Å². The first-order chi connectivity index (χ1) is 7.79. The minimum Gasteiger partial charge on any atom is -0.481 e. The van der Waals surface area contributed by atoms with E-state index >= 15 is 0 Å². The lowest BCUT2D eigenvalue weighted by atomic mass is 10.0. The summed E-state index contributed by atoms with van der Waals surface area (Å²) in [5.41, 5.74) is 7.07. The predicted octanol–water partition coefficient (Wildman–Crippen LogP) is 1.63. The van der Waals surface area contributed by atoms with Crippen molar-refractivity contribution in [2.24, 2.45) is 11.7 Å². The monoisotopic (exact) mass is 221 g/mol. The van der Waals surface area contributed by atoms with Crippen LogP contribution in [0.25, 0.3) is 0 Å². The first kappa shape index (κ1) is 11.2. The van der Waals surface area contributed by atoms with Crippen molar-refractivity contribution in [3.63, 3.8) is 0 Å². The Bertz CT molecular complexity index is 343. The van der Waals surface area contributed by atoms with Gasteiger partial charge in [0.2, 0.25) is 5.88 Å². The molecule has 3 N–H and O–H groups in total. The molecule has 0 aliphatic heterocycles. The van der Waals surface area contributed by atoms with Gasteiger partial charge >= 0.3 is 0 Å². The molecule has 0 aromatic carbocycles. The van der Waals surface area contributed by atoms with E-state index < -0.39 is 0 Å². The predicted molar refractivity (Wildman–Crippen MR) is 64.6 cm³/mol. The van der Waals surface area contributed by atoms with E-state index in [1.807, 2.05) is 12.1 Å². The SMILES string of the molecule is COc1cc(NCC2CCCC2N)ccn1. The second kappa shape index (κ2) is 5.16. The minimum absolute atomic E-state index is 0.358. The Labute approximate surface area is 96.2 Å². The second-order valence-electron chi connectivity index (χ2n) is 4.32. The third-order valence-electron chi connectivity index (χ3n) is 3.23. The van der Waals surface area contributed by atoms with Crippen LogP contribution in [0.4, 0.5) is 5.69 Å². The van der Waals surface area contributed by atoms with Gasteiger partial charge in [0.15, 0.2) is 0 Å². The summed E-state index contributed by atoms with van der Waals surface area (Å²) in [6, 6.07) is 4.21. The van der Waals surface area contributed by atoms with Crippen LogP contribution in [0, 0.1) is 5.92 Å². The zero-order chi connectivity index (χ0) is 11.4. The van der Waals surface area contributed by atoms with Gasteiger partial charge in [0.1, 0.15) is 0 Å². The largest absolute Gasteiger partial charge is 0.481 e. The molecule has 1 fully saturated rings. The van der Waals surface area contributed by atoms with E-state index in [0.29, 0.717) is 17.8 Å². The van der Waals surface area contributed by atoms with Crippen molar-refractivity contribution in [1.82, 2.24) is 4.98 Å². The summed E-state index contributed by atoms with van der Waals surface area (Å²) in [6.07, 6.45) is 5.39. The lowest BCUT2D eigenvalue weighted by molar-refractivity contribution is 0.398. The van der Waals surface area contributed by atoms with Crippen molar-refractivity contribution in [2.75, 3.05) is 19.0 Å². The zero-order valence-corrected chi connectivity index (χ0v) is 9.65. The molecule has 0 amide bonds. The van der Waals surface area contributed by atoms with Crippen LogP contribution >= 0.6 is 0 Å². The molecule has 0 saturated heterocycles. The van der Waals surface area contributed by atoms with Gasteiger partial charge in [-0.15, -0.1) is 0 Å². The average molecular weight is 221 g/mol. The summed E-state index contributed by atoms with van der Waals surface area (Å²) in [6.45, 7) is 0.939. The van der Waals surface area contributed by atoms with Crippen molar-refractivity contribution in [2.45, 2.75) is 25.3 Å². The van der Waals surface area contributed by atoms with Crippen LogP contribution in [0.5, 0.6) is 5.88 Å². The van der Waals surface area contributed by atoms with E-state index in [1.165, 1.54) is 12.8 Å². The Morgan fingerprint density at radius 2 is 2.44 bits per heavy atom. The molecule has 1 saturated carbocycles. The quantitative estimate of drug-likeness (QED) is 0.811. The van der Waals surface area contributed by atoms with Crippen LogP contribution < -0.4 is 15.8 Å². The molecular weight excluding hydrogens is 202 g/mol. The van der Waals surface area contributed by atoms with Gasteiger partial charge in [0.25, 0.3) is 0 Å². The van der Waals surface area contributed by atoms with Gasteiger partial charge in [-0.3, -0.25) is 0 Å². The molecule has 4 nitrogen and oxygen atoms in total. The second-order valence-corrected chi connectivity index (χ2v) is 4.32. The molecule has 1 heterocycles. The van der Waals surface area contributed by atoms with Gasteiger partial charge in [0.05, 0.1) is 7.11 Å². The number of nitrogens with two attached hydrogens (primary N) is 1. The average Bonchev–Trinajstić information content (AvgIpc) is 2.72. The Hall–Kier alpha value is -1.29. The summed E-state index contributed by atoms with van der Waals surface area (Å²) in [5.74, 6) is 1.24. The van der Waals surface area contributed by atoms with Gasteiger partial charge in [-0.25, -0.2) is 4.98 Å². The zero-order valence-electron chi connectivity index (χ0n) is 9.65. The Morgan fingerprint density at radius 1 is 1.56 bits per heavy atom.